The number of rotatable bonds is 5. The maximum atomic E-state index is 11.9. The Bertz CT molecular complexity index is 451. The lowest BCUT2D eigenvalue weighted by Gasteiger charge is -2.21. The van der Waals surface area contributed by atoms with Gasteiger partial charge in [-0.05, 0) is 20.8 Å². The quantitative estimate of drug-likeness (QED) is 0.288. The smallest absolute Gasteiger partial charge is 0.233 e. The first-order valence-corrected chi connectivity index (χ1v) is 5.56. The third-order valence-corrected chi connectivity index (χ3v) is 2.76. The average molecular weight is 254 g/mol. The van der Waals surface area contributed by atoms with Gasteiger partial charge in [0.15, 0.2) is 11.7 Å². The van der Waals surface area contributed by atoms with Crippen molar-refractivity contribution in [3.8, 4) is 0 Å². The van der Waals surface area contributed by atoms with Crippen molar-refractivity contribution in [2.75, 3.05) is 0 Å². The molecule has 0 radical (unpaired) electrons. The lowest BCUT2D eigenvalue weighted by atomic mass is 9.91. The molecule has 1 heterocycles. The third kappa shape index (κ3) is 2.76. The number of hydrogen-bond donors (Lipinski definition) is 3. The summed E-state index contributed by atoms with van der Waals surface area (Å²) in [6.45, 7) is 6.07. The van der Waals surface area contributed by atoms with Gasteiger partial charge in [-0.3, -0.25) is 4.79 Å². The molecule has 1 aromatic rings. The van der Waals surface area contributed by atoms with Gasteiger partial charge in [0.1, 0.15) is 11.7 Å². The number of amides is 1. The highest BCUT2D eigenvalue weighted by Gasteiger charge is 2.32. The molecule has 0 fully saturated rings. The van der Waals surface area contributed by atoms with E-state index in [1.165, 1.54) is 0 Å². The zero-order chi connectivity index (χ0) is 13.8. The van der Waals surface area contributed by atoms with E-state index in [0.717, 1.165) is 6.54 Å². The van der Waals surface area contributed by atoms with Crippen molar-refractivity contribution in [2.24, 2.45) is 16.3 Å². The minimum atomic E-state index is -1.08. The van der Waals surface area contributed by atoms with Gasteiger partial charge in [0.2, 0.25) is 5.91 Å². The van der Waals surface area contributed by atoms with E-state index in [0.29, 0.717) is 5.82 Å². The van der Waals surface area contributed by atoms with Crippen LogP contribution in [0.2, 0.25) is 0 Å². The van der Waals surface area contributed by atoms with Gasteiger partial charge in [-0.15, -0.1) is 10.2 Å². The first kappa shape index (κ1) is 13.9. The molecule has 0 aliphatic carbocycles. The molecule has 0 aliphatic heterocycles. The minimum Gasteiger partial charge on any atom is -0.409 e. The van der Waals surface area contributed by atoms with Gasteiger partial charge < -0.3 is 20.8 Å². The Morgan fingerprint density at radius 3 is 2.89 bits per heavy atom. The molecule has 0 atom stereocenters. The second kappa shape index (κ2) is 5.48. The fourth-order valence-corrected chi connectivity index (χ4v) is 1.30. The first-order chi connectivity index (χ1) is 8.43. The van der Waals surface area contributed by atoms with Crippen LogP contribution in [0, 0.1) is 5.41 Å². The largest absolute Gasteiger partial charge is 0.409 e. The molecule has 0 bridgehead atoms. The molecule has 8 heteroatoms. The van der Waals surface area contributed by atoms with Crippen molar-refractivity contribution in [1.82, 2.24) is 20.1 Å². The molecule has 1 aromatic heterocycles. The standard InChI is InChI=1S/C10H18N6O2/c1-4-16-6-13-14-7(16)5-12-9(17)10(2,3)8(11)15-18/h6,18H,4-5H2,1-3H3,(H2,11,15)(H,12,17). The normalized spacial score (nSPS) is 12.5. The monoisotopic (exact) mass is 254 g/mol. The molecule has 8 nitrogen and oxygen atoms in total. The van der Waals surface area contributed by atoms with Gasteiger partial charge in [0.25, 0.3) is 0 Å². The Hall–Kier alpha value is -2.12. The Morgan fingerprint density at radius 1 is 1.67 bits per heavy atom. The summed E-state index contributed by atoms with van der Waals surface area (Å²) in [7, 11) is 0. The number of aromatic nitrogens is 3. The van der Waals surface area contributed by atoms with Crippen molar-refractivity contribution < 1.29 is 10.0 Å². The Balaban J connectivity index is 2.67. The zero-order valence-electron chi connectivity index (χ0n) is 10.7. The van der Waals surface area contributed by atoms with Crippen molar-refractivity contribution >= 4 is 11.7 Å². The van der Waals surface area contributed by atoms with E-state index in [-0.39, 0.29) is 18.3 Å². The number of nitrogens with one attached hydrogen (secondary N) is 1. The maximum absolute atomic E-state index is 11.9. The van der Waals surface area contributed by atoms with Crippen molar-refractivity contribution in [3.05, 3.63) is 12.2 Å². The summed E-state index contributed by atoms with van der Waals surface area (Å²) in [5, 5.41) is 21.8. The molecule has 100 valence electrons. The second-order valence-electron chi connectivity index (χ2n) is 4.33. The molecular formula is C10H18N6O2. The van der Waals surface area contributed by atoms with Crippen LogP contribution < -0.4 is 11.1 Å². The molecule has 0 aliphatic rings. The van der Waals surface area contributed by atoms with E-state index < -0.39 is 5.41 Å². The highest BCUT2D eigenvalue weighted by Crippen LogP contribution is 2.15. The number of oxime groups is 1. The van der Waals surface area contributed by atoms with E-state index in [1.807, 2.05) is 11.5 Å². The summed E-state index contributed by atoms with van der Waals surface area (Å²) in [4.78, 5) is 11.9. The predicted molar refractivity (Wildman–Crippen MR) is 64.7 cm³/mol. The topological polar surface area (TPSA) is 118 Å². The Morgan fingerprint density at radius 2 is 2.33 bits per heavy atom. The molecule has 1 amide bonds. The molecule has 0 spiro atoms. The lowest BCUT2D eigenvalue weighted by molar-refractivity contribution is -0.126. The lowest BCUT2D eigenvalue weighted by Crippen LogP contribution is -2.45. The second-order valence-corrected chi connectivity index (χ2v) is 4.33. The van der Waals surface area contributed by atoms with E-state index in [4.69, 9.17) is 10.9 Å². The van der Waals surface area contributed by atoms with E-state index in [1.54, 1.807) is 20.2 Å². The van der Waals surface area contributed by atoms with Crippen molar-refractivity contribution in [3.63, 3.8) is 0 Å². The van der Waals surface area contributed by atoms with Crippen LogP contribution in [-0.4, -0.2) is 31.7 Å². The van der Waals surface area contributed by atoms with Crippen LogP contribution in [0.25, 0.3) is 0 Å². The predicted octanol–water partition coefficient (Wildman–Crippen LogP) is -0.313. The summed E-state index contributed by atoms with van der Waals surface area (Å²) in [5.41, 5.74) is 4.39. The molecule has 1 rings (SSSR count). The van der Waals surface area contributed by atoms with Gasteiger partial charge in [0.05, 0.1) is 6.54 Å². The molecule has 18 heavy (non-hydrogen) atoms. The van der Waals surface area contributed by atoms with Crippen LogP contribution >= 0.6 is 0 Å². The van der Waals surface area contributed by atoms with Crippen LogP contribution in [0.15, 0.2) is 11.5 Å². The minimum absolute atomic E-state index is 0.142. The van der Waals surface area contributed by atoms with Gasteiger partial charge >= 0.3 is 0 Å². The van der Waals surface area contributed by atoms with Crippen LogP contribution in [-0.2, 0) is 17.9 Å². The first-order valence-electron chi connectivity index (χ1n) is 5.56. The molecule has 0 unspecified atom stereocenters. The van der Waals surface area contributed by atoms with Gasteiger partial charge in [0, 0.05) is 6.54 Å². The molecule has 4 N–H and O–H groups in total. The summed E-state index contributed by atoms with van der Waals surface area (Å²) in [6.07, 6.45) is 1.59. The zero-order valence-corrected chi connectivity index (χ0v) is 10.7. The number of nitrogens with two attached hydrogens (primary N) is 1. The molecular weight excluding hydrogens is 236 g/mol. The number of nitrogens with zero attached hydrogens (tertiary/aromatic N) is 4. The number of carbonyl (C=O) groups is 1. The van der Waals surface area contributed by atoms with Gasteiger partial charge in [-0.25, -0.2) is 0 Å². The van der Waals surface area contributed by atoms with Gasteiger partial charge in [-0.2, -0.15) is 0 Å². The fraction of sp³-hybridized carbons (Fsp3) is 0.600. The number of aryl methyl sites for hydroxylation is 1. The summed E-state index contributed by atoms with van der Waals surface area (Å²) < 4.78 is 1.82. The van der Waals surface area contributed by atoms with E-state index >= 15 is 0 Å². The average Bonchev–Trinajstić information content (AvgIpc) is 2.81. The van der Waals surface area contributed by atoms with Crippen molar-refractivity contribution in [2.45, 2.75) is 33.9 Å². The van der Waals surface area contributed by atoms with Crippen LogP contribution in [0.4, 0.5) is 0 Å². The maximum Gasteiger partial charge on any atom is 0.233 e. The highest BCUT2D eigenvalue weighted by molar-refractivity contribution is 6.05. The summed E-state index contributed by atoms with van der Waals surface area (Å²) >= 11 is 0. The van der Waals surface area contributed by atoms with Crippen LogP contribution in [0.5, 0.6) is 0 Å². The molecule has 0 saturated heterocycles. The summed E-state index contributed by atoms with van der Waals surface area (Å²) in [5.74, 6) is 0.168. The van der Waals surface area contributed by atoms with Crippen LogP contribution in [0.1, 0.15) is 26.6 Å². The number of hydrogen-bond acceptors (Lipinski definition) is 5. The summed E-state index contributed by atoms with van der Waals surface area (Å²) in [6, 6.07) is 0. The number of carbonyl (C=O) groups excluding carboxylic acids is 1. The molecule has 0 aromatic carbocycles. The fourth-order valence-electron chi connectivity index (χ4n) is 1.30. The van der Waals surface area contributed by atoms with E-state index in [2.05, 4.69) is 20.7 Å². The molecule has 0 saturated carbocycles. The van der Waals surface area contributed by atoms with Gasteiger partial charge in [-0.1, -0.05) is 5.16 Å². The third-order valence-electron chi connectivity index (χ3n) is 2.76. The van der Waals surface area contributed by atoms with Crippen LogP contribution in [0.3, 0.4) is 0 Å². The number of amidine groups is 1. The Labute approximate surface area is 105 Å². The van der Waals surface area contributed by atoms with E-state index in [9.17, 15) is 4.79 Å². The highest BCUT2D eigenvalue weighted by atomic mass is 16.4. The van der Waals surface area contributed by atoms with Crippen molar-refractivity contribution in [1.29, 1.82) is 0 Å². The Kier molecular flexibility index (Phi) is 4.24. The SMILES string of the molecule is CCn1cnnc1CNC(=O)C(C)(C)C(N)=NO.